The molecule has 0 saturated carbocycles. The fourth-order valence-electron chi connectivity index (χ4n) is 5.71. The largest absolute Gasteiger partial charge is 0.491 e. The molecule has 42 heavy (non-hydrogen) atoms. The lowest BCUT2D eigenvalue weighted by Gasteiger charge is -2.38. The number of ether oxygens (including phenoxy) is 2. The SMILES string of the molecule is CCn1cc(S(=O)(=O)N2CCC3(CC2)C[C@H](NCC(O)COc2cccc(S(C)(=O)=O)c2)CO3)c(=O)c2ccccc21. The molecule has 0 aliphatic carbocycles. The molecule has 1 aromatic heterocycles. The molecular formula is C29H37N3O8S2. The lowest BCUT2D eigenvalue weighted by Crippen LogP contribution is -2.47. The summed E-state index contributed by atoms with van der Waals surface area (Å²) in [6.07, 6.45) is 3.42. The van der Waals surface area contributed by atoms with Gasteiger partial charge in [0.15, 0.2) is 9.84 Å². The third kappa shape index (κ3) is 6.41. The van der Waals surface area contributed by atoms with Crippen molar-refractivity contribution in [3.8, 4) is 5.75 Å². The van der Waals surface area contributed by atoms with Crippen molar-refractivity contribution >= 4 is 30.8 Å². The highest BCUT2D eigenvalue weighted by Crippen LogP contribution is 2.37. The second kappa shape index (κ2) is 12.1. The smallest absolute Gasteiger partial charge is 0.248 e. The van der Waals surface area contributed by atoms with Crippen molar-refractivity contribution in [2.24, 2.45) is 0 Å². The number of aryl methyl sites for hydroxylation is 1. The van der Waals surface area contributed by atoms with Gasteiger partial charge in [-0.15, -0.1) is 0 Å². The highest BCUT2D eigenvalue weighted by atomic mass is 32.2. The van der Waals surface area contributed by atoms with Gasteiger partial charge < -0.3 is 24.5 Å². The third-order valence-electron chi connectivity index (χ3n) is 8.07. The van der Waals surface area contributed by atoms with Crippen LogP contribution in [0.2, 0.25) is 0 Å². The number of pyridine rings is 1. The Balaban J connectivity index is 1.15. The molecule has 11 nitrogen and oxygen atoms in total. The Morgan fingerprint density at radius 3 is 2.57 bits per heavy atom. The molecule has 2 aromatic carbocycles. The Morgan fingerprint density at radius 2 is 1.86 bits per heavy atom. The van der Waals surface area contributed by atoms with Gasteiger partial charge in [0.05, 0.1) is 22.6 Å². The van der Waals surface area contributed by atoms with Gasteiger partial charge >= 0.3 is 0 Å². The number of rotatable bonds is 10. The minimum absolute atomic E-state index is 0.0136. The molecule has 2 saturated heterocycles. The van der Waals surface area contributed by atoms with E-state index in [4.69, 9.17) is 9.47 Å². The summed E-state index contributed by atoms with van der Waals surface area (Å²) >= 11 is 0. The van der Waals surface area contributed by atoms with Gasteiger partial charge in [-0.05, 0) is 56.5 Å². The van der Waals surface area contributed by atoms with Crippen molar-refractivity contribution in [3.05, 3.63) is 65.0 Å². The minimum Gasteiger partial charge on any atom is -0.491 e. The van der Waals surface area contributed by atoms with Gasteiger partial charge in [-0.2, -0.15) is 4.31 Å². The topological polar surface area (TPSA) is 144 Å². The first-order valence-corrected chi connectivity index (χ1v) is 17.4. The zero-order chi connectivity index (χ0) is 30.1. The number of piperidine rings is 1. The summed E-state index contributed by atoms with van der Waals surface area (Å²) in [4.78, 5) is 13.1. The molecule has 1 spiro atoms. The van der Waals surface area contributed by atoms with Crippen molar-refractivity contribution in [2.45, 2.75) is 60.3 Å². The maximum atomic E-state index is 13.6. The van der Waals surface area contributed by atoms with E-state index >= 15 is 0 Å². The van der Waals surface area contributed by atoms with Crippen molar-refractivity contribution in [1.29, 1.82) is 0 Å². The number of fused-ring (bicyclic) bond motifs is 1. The van der Waals surface area contributed by atoms with Crippen LogP contribution >= 0.6 is 0 Å². The Hall–Kier alpha value is -2.81. The van der Waals surface area contributed by atoms with Gasteiger partial charge in [-0.25, -0.2) is 16.8 Å². The zero-order valence-corrected chi connectivity index (χ0v) is 25.4. The van der Waals surface area contributed by atoms with Gasteiger partial charge in [0.25, 0.3) is 0 Å². The minimum atomic E-state index is -3.99. The maximum Gasteiger partial charge on any atom is 0.248 e. The van der Waals surface area contributed by atoms with Gasteiger partial charge in [0.1, 0.15) is 23.4 Å². The van der Waals surface area contributed by atoms with Crippen LogP contribution in [0.4, 0.5) is 0 Å². The van der Waals surface area contributed by atoms with Crippen LogP contribution in [0.25, 0.3) is 10.9 Å². The number of benzene rings is 2. The van der Waals surface area contributed by atoms with Crippen molar-refractivity contribution in [3.63, 3.8) is 0 Å². The number of hydrogen-bond acceptors (Lipinski definition) is 9. The summed E-state index contributed by atoms with van der Waals surface area (Å²) in [7, 11) is -7.35. The molecular weight excluding hydrogens is 582 g/mol. The van der Waals surface area contributed by atoms with E-state index in [0.717, 1.165) is 6.26 Å². The van der Waals surface area contributed by atoms with Crippen LogP contribution in [0.5, 0.6) is 5.75 Å². The van der Waals surface area contributed by atoms with Gasteiger partial charge in [-0.1, -0.05) is 18.2 Å². The number of nitrogens with zero attached hydrogens (tertiary/aromatic N) is 2. The van der Waals surface area contributed by atoms with Crippen LogP contribution in [0.15, 0.2) is 69.3 Å². The Bertz CT molecular complexity index is 1710. The summed E-state index contributed by atoms with van der Waals surface area (Å²) in [6, 6.07) is 13.2. The second-order valence-corrected chi connectivity index (χ2v) is 15.0. The number of sulfone groups is 1. The fourth-order valence-corrected chi connectivity index (χ4v) is 7.91. The normalized spacial score (nSPS) is 20.2. The van der Waals surface area contributed by atoms with E-state index in [1.165, 1.54) is 22.6 Å². The molecule has 228 valence electrons. The van der Waals surface area contributed by atoms with Crippen LogP contribution in [0.1, 0.15) is 26.2 Å². The summed E-state index contributed by atoms with van der Waals surface area (Å²) in [5.74, 6) is 0.360. The zero-order valence-electron chi connectivity index (χ0n) is 23.7. The predicted octanol–water partition coefficient (Wildman–Crippen LogP) is 1.77. The molecule has 3 heterocycles. The van der Waals surface area contributed by atoms with Gasteiger partial charge in [0.2, 0.25) is 15.5 Å². The van der Waals surface area contributed by atoms with E-state index in [-0.39, 0.29) is 42.1 Å². The quantitative estimate of drug-likeness (QED) is 0.347. The molecule has 2 fully saturated rings. The first kappa shape index (κ1) is 30.6. The first-order valence-electron chi connectivity index (χ1n) is 14.0. The first-order chi connectivity index (χ1) is 19.9. The van der Waals surface area contributed by atoms with Crippen molar-refractivity contribution in [2.75, 3.05) is 39.1 Å². The lowest BCUT2D eigenvalue weighted by atomic mass is 9.88. The molecule has 3 aromatic rings. The fraction of sp³-hybridized carbons (Fsp3) is 0.483. The van der Waals surface area contributed by atoms with Gasteiger partial charge in [-0.3, -0.25) is 4.79 Å². The average Bonchev–Trinajstić information content (AvgIpc) is 3.37. The van der Waals surface area contributed by atoms with Crippen LogP contribution in [-0.2, 0) is 31.1 Å². The molecule has 5 rings (SSSR count). The number of aliphatic hydroxyl groups excluding tert-OH is 1. The number of para-hydroxylation sites is 1. The van der Waals surface area contributed by atoms with Crippen molar-refractivity contribution < 1.29 is 31.4 Å². The van der Waals surface area contributed by atoms with Gasteiger partial charge in [0, 0.05) is 50.1 Å². The summed E-state index contributed by atoms with van der Waals surface area (Å²) in [6.45, 7) is 3.61. The number of aromatic nitrogens is 1. The van der Waals surface area contributed by atoms with E-state index < -0.39 is 37.0 Å². The molecule has 0 radical (unpaired) electrons. The molecule has 0 amide bonds. The Morgan fingerprint density at radius 1 is 1.12 bits per heavy atom. The number of sulfonamides is 1. The van der Waals surface area contributed by atoms with E-state index in [2.05, 4.69) is 5.32 Å². The third-order valence-corrected chi connectivity index (χ3v) is 11.1. The molecule has 2 aliphatic heterocycles. The number of nitrogens with one attached hydrogen (secondary N) is 1. The summed E-state index contributed by atoms with van der Waals surface area (Å²) in [5.41, 5.74) is -0.246. The monoisotopic (exact) mass is 619 g/mol. The van der Waals surface area contributed by atoms with E-state index in [0.29, 0.717) is 49.1 Å². The molecule has 2 aliphatic rings. The van der Waals surface area contributed by atoms with Crippen molar-refractivity contribution in [1.82, 2.24) is 14.2 Å². The standard InChI is InChI=1S/C29H37N3O8S2/c1-3-31-18-27(28(34)25-9-4-5-10-26(25)31)42(37,38)32-13-11-29(12-14-32)16-21(19-40-29)30-17-22(33)20-39-23-7-6-8-24(15-23)41(2,35)36/h4-10,15,18,21-22,30,33H,3,11-14,16-17,19-20H2,1-2H3/t21-,22?/m0/s1. The number of aliphatic hydroxyl groups is 1. The van der Waals surface area contributed by atoms with E-state index in [1.54, 1.807) is 28.8 Å². The Kier molecular flexibility index (Phi) is 8.80. The number of hydrogen-bond donors (Lipinski definition) is 2. The molecule has 1 unspecified atom stereocenters. The van der Waals surface area contributed by atoms with Crippen LogP contribution in [0.3, 0.4) is 0 Å². The van der Waals surface area contributed by atoms with E-state index in [1.807, 2.05) is 19.1 Å². The Labute approximate surface area is 246 Å². The second-order valence-electron chi connectivity index (χ2n) is 11.0. The predicted molar refractivity (Wildman–Crippen MR) is 158 cm³/mol. The highest BCUT2D eigenvalue weighted by Gasteiger charge is 2.45. The highest BCUT2D eigenvalue weighted by molar-refractivity contribution is 7.90. The van der Waals surface area contributed by atoms with Crippen LogP contribution in [-0.4, -0.2) is 87.7 Å². The summed E-state index contributed by atoms with van der Waals surface area (Å²) < 4.78 is 65.6. The van der Waals surface area contributed by atoms with Crippen LogP contribution in [0, 0.1) is 0 Å². The summed E-state index contributed by atoms with van der Waals surface area (Å²) in [5, 5.41) is 14.1. The lowest BCUT2D eigenvalue weighted by molar-refractivity contribution is -0.0312. The molecule has 2 N–H and O–H groups in total. The van der Waals surface area contributed by atoms with Crippen LogP contribution < -0.4 is 15.5 Å². The maximum absolute atomic E-state index is 13.6. The average molecular weight is 620 g/mol. The molecule has 13 heteroatoms. The molecule has 0 bridgehead atoms. The molecule has 2 atom stereocenters. The van der Waals surface area contributed by atoms with E-state index in [9.17, 15) is 26.7 Å².